The maximum atomic E-state index is 13.4. The van der Waals surface area contributed by atoms with E-state index in [2.05, 4.69) is 0 Å². The summed E-state index contributed by atoms with van der Waals surface area (Å²) in [7, 11) is 1.57. The number of Topliss-reactive ketones (excluding diaryl/α,β-unsaturated/α-hetero) is 1. The molecule has 3 aromatic rings. The lowest BCUT2D eigenvalue weighted by atomic mass is 9.91. The van der Waals surface area contributed by atoms with Gasteiger partial charge in [-0.25, -0.2) is 0 Å². The van der Waals surface area contributed by atoms with Gasteiger partial charge in [-0.3, -0.25) is 14.5 Å². The minimum atomic E-state index is -1.07. The van der Waals surface area contributed by atoms with Crippen molar-refractivity contribution in [1.29, 1.82) is 0 Å². The van der Waals surface area contributed by atoms with E-state index >= 15 is 0 Å². The minimum Gasteiger partial charge on any atom is -0.508 e. The fraction of sp³-hybridized carbons (Fsp3) is 0.214. The van der Waals surface area contributed by atoms with Crippen LogP contribution in [-0.2, 0) is 9.59 Å². The molecule has 0 saturated carbocycles. The predicted molar refractivity (Wildman–Crippen MR) is 133 cm³/mol. The highest BCUT2D eigenvalue weighted by atomic mass is 16.5. The second-order valence-electron chi connectivity index (χ2n) is 8.82. The molecule has 0 bridgehead atoms. The highest BCUT2D eigenvalue weighted by molar-refractivity contribution is 6.52. The number of hydrogen-bond acceptors (Lipinski definition) is 6. The van der Waals surface area contributed by atoms with Crippen LogP contribution < -0.4 is 9.64 Å². The Hall–Kier alpha value is -4.26. The van der Waals surface area contributed by atoms with Crippen molar-refractivity contribution in [2.75, 3.05) is 12.0 Å². The topological polar surface area (TPSA) is 107 Å². The molecular weight excluding hydrogens is 446 g/mol. The number of ketones is 1. The van der Waals surface area contributed by atoms with Gasteiger partial charge in [-0.1, -0.05) is 38.1 Å². The van der Waals surface area contributed by atoms with E-state index < -0.39 is 17.7 Å². The van der Waals surface area contributed by atoms with E-state index in [1.165, 1.54) is 24.3 Å². The molecule has 7 nitrogen and oxygen atoms in total. The zero-order chi connectivity index (χ0) is 25.4. The Morgan fingerprint density at radius 1 is 1.00 bits per heavy atom. The van der Waals surface area contributed by atoms with Gasteiger partial charge < -0.3 is 20.1 Å². The van der Waals surface area contributed by atoms with Crippen molar-refractivity contribution in [3.63, 3.8) is 0 Å². The van der Waals surface area contributed by atoms with E-state index in [1.54, 1.807) is 50.4 Å². The highest BCUT2D eigenvalue weighted by Crippen LogP contribution is 2.45. The molecule has 0 radical (unpaired) electrons. The number of phenolic OH excluding ortho intramolecular Hbond substituents is 2. The number of aliphatic hydroxyl groups is 1. The summed E-state index contributed by atoms with van der Waals surface area (Å²) in [4.78, 5) is 27.8. The predicted octanol–water partition coefficient (Wildman–Crippen LogP) is 5.16. The number of rotatable bonds is 5. The minimum absolute atomic E-state index is 0.0620. The quantitative estimate of drug-likeness (QED) is 0.268. The molecule has 180 valence electrons. The van der Waals surface area contributed by atoms with E-state index in [1.807, 2.05) is 13.8 Å². The number of ether oxygens (including phenoxy) is 1. The molecule has 0 aromatic heterocycles. The molecule has 3 N–H and O–H groups in total. The van der Waals surface area contributed by atoms with Crippen molar-refractivity contribution in [2.24, 2.45) is 0 Å². The average molecular weight is 474 g/mol. The van der Waals surface area contributed by atoms with Gasteiger partial charge in [0.2, 0.25) is 0 Å². The Morgan fingerprint density at radius 3 is 2.34 bits per heavy atom. The lowest BCUT2D eigenvalue weighted by molar-refractivity contribution is -0.132. The number of benzene rings is 3. The molecule has 1 amide bonds. The summed E-state index contributed by atoms with van der Waals surface area (Å²) in [5, 5.41) is 32.1. The van der Waals surface area contributed by atoms with Gasteiger partial charge in [0.25, 0.3) is 11.7 Å². The molecule has 0 spiro atoms. The standard InChI is InChI=1S/C28H27NO6/c1-15(2)19-14-20(16(3)12-23(19)35-4)26(32)24-25(17-8-7-9-18(30)13-17)29(28(34)27(24)33)21-10-5-6-11-22(21)31/h5-15,25,30-32H,1-4H3/b26-24+. The largest absolute Gasteiger partial charge is 0.508 e. The normalized spacial score (nSPS) is 17.3. The maximum Gasteiger partial charge on any atom is 0.300 e. The van der Waals surface area contributed by atoms with Crippen LogP contribution in [0.1, 0.15) is 48.1 Å². The molecule has 1 atom stereocenters. The number of methoxy groups -OCH3 is 1. The van der Waals surface area contributed by atoms with E-state index in [9.17, 15) is 24.9 Å². The van der Waals surface area contributed by atoms with Gasteiger partial charge in [-0.05, 0) is 65.9 Å². The Morgan fingerprint density at radius 2 is 1.71 bits per heavy atom. The Bertz CT molecular complexity index is 1360. The Kier molecular flexibility index (Phi) is 6.26. The molecule has 7 heteroatoms. The summed E-state index contributed by atoms with van der Waals surface area (Å²) in [6, 6.07) is 14.8. The molecule has 0 aliphatic carbocycles. The molecule has 4 rings (SSSR count). The number of amides is 1. The highest BCUT2D eigenvalue weighted by Gasteiger charge is 2.48. The molecule has 1 saturated heterocycles. The number of para-hydroxylation sites is 2. The van der Waals surface area contributed by atoms with E-state index in [0.29, 0.717) is 22.4 Å². The summed E-state index contributed by atoms with van der Waals surface area (Å²) in [5.74, 6) is -1.64. The van der Waals surface area contributed by atoms with Crippen LogP contribution in [0.3, 0.4) is 0 Å². The van der Waals surface area contributed by atoms with Crippen molar-refractivity contribution in [3.05, 3.63) is 88.5 Å². The fourth-order valence-electron chi connectivity index (χ4n) is 4.49. The van der Waals surface area contributed by atoms with Crippen LogP contribution in [0.15, 0.2) is 66.2 Å². The first kappa shape index (κ1) is 23.9. The third-order valence-electron chi connectivity index (χ3n) is 6.23. The SMILES string of the molecule is COc1cc(C)c(/C(O)=C2\C(=O)C(=O)N(c3ccccc3O)C2c2cccc(O)c2)cc1C(C)C. The van der Waals surface area contributed by atoms with Crippen molar-refractivity contribution < 1.29 is 29.6 Å². The molecule has 1 aliphatic rings. The Balaban J connectivity index is 2.01. The summed E-state index contributed by atoms with van der Waals surface area (Å²) < 4.78 is 5.50. The fourth-order valence-corrected chi connectivity index (χ4v) is 4.49. The molecule has 3 aromatic carbocycles. The van der Waals surface area contributed by atoms with E-state index in [4.69, 9.17) is 4.74 Å². The lowest BCUT2D eigenvalue weighted by Gasteiger charge is -2.26. The van der Waals surface area contributed by atoms with Crippen molar-refractivity contribution in [2.45, 2.75) is 32.7 Å². The average Bonchev–Trinajstić information content (AvgIpc) is 3.09. The first-order chi connectivity index (χ1) is 16.6. The summed E-state index contributed by atoms with van der Waals surface area (Å²) in [6.07, 6.45) is 0. The zero-order valence-corrected chi connectivity index (χ0v) is 19.9. The number of phenols is 2. The van der Waals surface area contributed by atoms with Crippen LogP contribution in [0.5, 0.6) is 17.2 Å². The zero-order valence-electron chi connectivity index (χ0n) is 19.9. The number of hydrogen-bond donors (Lipinski definition) is 3. The van der Waals surface area contributed by atoms with Gasteiger partial charge in [0, 0.05) is 5.56 Å². The molecule has 1 aliphatic heterocycles. The number of carbonyl (C=O) groups is 2. The van der Waals surface area contributed by atoms with Gasteiger partial charge >= 0.3 is 0 Å². The second-order valence-corrected chi connectivity index (χ2v) is 8.82. The van der Waals surface area contributed by atoms with Crippen molar-refractivity contribution >= 4 is 23.1 Å². The molecule has 35 heavy (non-hydrogen) atoms. The van der Waals surface area contributed by atoms with E-state index in [-0.39, 0.29) is 34.4 Å². The monoisotopic (exact) mass is 473 g/mol. The van der Waals surface area contributed by atoms with Gasteiger partial charge in [0.1, 0.15) is 23.0 Å². The van der Waals surface area contributed by atoms with Crippen LogP contribution in [-0.4, -0.2) is 34.1 Å². The van der Waals surface area contributed by atoms with Crippen LogP contribution >= 0.6 is 0 Å². The third kappa shape index (κ3) is 4.10. The molecule has 1 heterocycles. The van der Waals surface area contributed by atoms with Crippen LogP contribution in [0.2, 0.25) is 0 Å². The van der Waals surface area contributed by atoms with Gasteiger partial charge in [-0.2, -0.15) is 0 Å². The maximum absolute atomic E-state index is 13.4. The number of carbonyl (C=O) groups excluding carboxylic acids is 2. The number of nitrogens with zero attached hydrogens (tertiary/aromatic N) is 1. The van der Waals surface area contributed by atoms with Crippen LogP contribution in [0.4, 0.5) is 5.69 Å². The van der Waals surface area contributed by atoms with Crippen LogP contribution in [0.25, 0.3) is 5.76 Å². The van der Waals surface area contributed by atoms with Gasteiger partial charge in [-0.15, -0.1) is 0 Å². The van der Waals surface area contributed by atoms with E-state index in [0.717, 1.165) is 10.5 Å². The number of aromatic hydroxyl groups is 2. The number of aliphatic hydroxyl groups excluding tert-OH is 1. The lowest BCUT2D eigenvalue weighted by Crippen LogP contribution is -2.29. The van der Waals surface area contributed by atoms with Crippen molar-refractivity contribution in [1.82, 2.24) is 0 Å². The smallest absolute Gasteiger partial charge is 0.300 e. The summed E-state index contributed by atoms with van der Waals surface area (Å²) >= 11 is 0. The van der Waals surface area contributed by atoms with Gasteiger partial charge in [0.15, 0.2) is 0 Å². The first-order valence-electron chi connectivity index (χ1n) is 11.2. The molecule has 1 unspecified atom stereocenters. The van der Waals surface area contributed by atoms with Gasteiger partial charge in [0.05, 0.1) is 24.4 Å². The summed E-state index contributed by atoms with van der Waals surface area (Å²) in [6.45, 7) is 5.76. The first-order valence-corrected chi connectivity index (χ1v) is 11.2. The second kappa shape index (κ2) is 9.18. The number of anilines is 1. The Labute approximate surface area is 203 Å². The number of aryl methyl sites for hydroxylation is 1. The van der Waals surface area contributed by atoms with Crippen LogP contribution in [0, 0.1) is 6.92 Å². The van der Waals surface area contributed by atoms with Crippen molar-refractivity contribution in [3.8, 4) is 17.2 Å². The third-order valence-corrected chi connectivity index (χ3v) is 6.23. The summed E-state index contributed by atoms with van der Waals surface area (Å²) in [5.41, 5.74) is 2.29. The molecular formula is C28H27NO6. The molecule has 1 fully saturated rings.